The number of aromatic amines is 1. The number of carbonyl (C=O) groups excluding carboxylic acids is 1. The van der Waals surface area contributed by atoms with E-state index in [1.165, 1.54) is 0 Å². The zero-order valence-electron chi connectivity index (χ0n) is 19.6. The number of H-pyrrole nitrogens is 1. The standard InChI is InChI=1S/C26H28N4O3S/c1-4-8-23(31)27-14-22-29-24(25(30-22)26-28-17(2)16-34-26)19-11-12-20(32-3)21(13-19)33-15-18-9-6-5-7-10-18/h5-7,9-13,16H,4,8,14-15H2,1-3H3,(H,27,31)(H,29,30). The van der Waals surface area contributed by atoms with Crippen LogP contribution in [-0.4, -0.2) is 28.0 Å². The van der Waals surface area contributed by atoms with Gasteiger partial charge in [-0.3, -0.25) is 4.79 Å². The normalized spacial score (nSPS) is 10.8. The smallest absolute Gasteiger partial charge is 0.220 e. The van der Waals surface area contributed by atoms with Gasteiger partial charge in [0.1, 0.15) is 23.1 Å². The molecule has 1 amide bonds. The second-order valence-corrected chi connectivity index (χ2v) is 8.73. The summed E-state index contributed by atoms with van der Waals surface area (Å²) in [6.45, 7) is 4.69. The van der Waals surface area contributed by atoms with Crippen LogP contribution in [0.25, 0.3) is 22.0 Å². The van der Waals surface area contributed by atoms with E-state index in [1.54, 1.807) is 18.4 Å². The second kappa shape index (κ2) is 11.0. The highest BCUT2D eigenvalue weighted by atomic mass is 32.1. The van der Waals surface area contributed by atoms with Gasteiger partial charge in [-0.1, -0.05) is 37.3 Å². The minimum atomic E-state index is 0.00754. The Labute approximate surface area is 203 Å². The predicted molar refractivity (Wildman–Crippen MR) is 134 cm³/mol. The fourth-order valence-corrected chi connectivity index (χ4v) is 4.31. The molecular weight excluding hydrogens is 448 g/mol. The van der Waals surface area contributed by atoms with E-state index in [2.05, 4.69) is 15.3 Å². The van der Waals surface area contributed by atoms with E-state index in [4.69, 9.17) is 14.5 Å². The van der Waals surface area contributed by atoms with Crippen LogP contribution in [0.4, 0.5) is 0 Å². The maximum Gasteiger partial charge on any atom is 0.220 e. The Morgan fingerprint density at radius 2 is 1.94 bits per heavy atom. The van der Waals surface area contributed by atoms with E-state index >= 15 is 0 Å². The maximum absolute atomic E-state index is 12.0. The van der Waals surface area contributed by atoms with Crippen LogP contribution in [0.1, 0.15) is 36.8 Å². The first-order chi connectivity index (χ1) is 16.6. The molecule has 0 atom stereocenters. The number of carbonyl (C=O) groups is 1. The van der Waals surface area contributed by atoms with Crippen molar-refractivity contribution < 1.29 is 14.3 Å². The molecule has 0 aliphatic rings. The van der Waals surface area contributed by atoms with Crippen molar-refractivity contribution in [2.45, 2.75) is 39.8 Å². The molecule has 176 valence electrons. The number of methoxy groups -OCH3 is 1. The highest BCUT2D eigenvalue weighted by Gasteiger charge is 2.19. The fraction of sp³-hybridized carbons (Fsp3) is 0.269. The SMILES string of the molecule is CCCC(=O)NCc1nc(-c2ccc(OC)c(OCc3ccccc3)c2)c(-c2nc(C)cs2)[nH]1. The molecule has 8 heteroatoms. The largest absolute Gasteiger partial charge is 0.493 e. The summed E-state index contributed by atoms with van der Waals surface area (Å²) >= 11 is 1.55. The quantitative estimate of drug-likeness (QED) is 0.315. The molecule has 0 unspecified atom stereocenters. The van der Waals surface area contributed by atoms with E-state index in [0.29, 0.717) is 36.9 Å². The molecule has 0 radical (unpaired) electrons. The summed E-state index contributed by atoms with van der Waals surface area (Å²) in [6.07, 6.45) is 1.29. The van der Waals surface area contributed by atoms with Gasteiger partial charge in [-0.2, -0.15) is 0 Å². The topological polar surface area (TPSA) is 89.1 Å². The van der Waals surface area contributed by atoms with Gasteiger partial charge in [-0.25, -0.2) is 9.97 Å². The number of nitrogens with zero attached hydrogens (tertiary/aromatic N) is 2. The van der Waals surface area contributed by atoms with Crippen LogP contribution in [0.3, 0.4) is 0 Å². The molecule has 0 saturated carbocycles. The third kappa shape index (κ3) is 5.63. The molecule has 0 saturated heterocycles. The molecule has 0 aliphatic heterocycles. The number of hydrogen-bond acceptors (Lipinski definition) is 6. The van der Waals surface area contributed by atoms with Crippen LogP contribution in [0.2, 0.25) is 0 Å². The van der Waals surface area contributed by atoms with Crippen LogP contribution >= 0.6 is 11.3 Å². The van der Waals surface area contributed by atoms with E-state index in [1.807, 2.05) is 67.8 Å². The Balaban J connectivity index is 1.66. The molecule has 4 rings (SSSR count). The first kappa shape index (κ1) is 23.5. The average molecular weight is 477 g/mol. The molecule has 0 fully saturated rings. The van der Waals surface area contributed by atoms with E-state index in [-0.39, 0.29) is 5.91 Å². The molecule has 2 heterocycles. The number of ether oxygens (including phenoxy) is 2. The molecule has 4 aromatic rings. The number of thiazole rings is 1. The number of nitrogens with one attached hydrogen (secondary N) is 2. The van der Waals surface area contributed by atoms with Crippen LogP contribution < -0.4 is 14.8 Å². The minimum Gasteiger partial charge on any atom is -0.493 e. The molecule has 2 aromatic carbocycles. The highest BCUT2D eigenvalue weighted by molar-refractivity contribution is 7.13. The van der Waals surface area contributed by atoms with Crippen LogP contribution in [-0.2, 0) is 17.9 Å². The molecule has 0 spiro atoms. The van der Waals surface area contributed by atoms with Gasteiger partial charge in [0.15, 0.2) is 11.5 Å². The summed E-state index contributed by atoms with van der Waals surface area (Å²) in [5, 5.41) is 5.77. The van der Waals surface area contributed by atoms with Crippen molar-refractivity contribution in [2.24, 2.45) is 0 Å². The number of aryl methyl sites for hydroxylation is 1. The number of amides is 1. The van der Waals surface area contributed by atoms with Crippen LogP contribution in [0.15, 0.2) is 53.9 Å². The third-order valence-corrected chi connectivity index (χ3v) is 6.17. The second-order valence-electron chi connectivity index (χ2n) is 7.87. The van der Waals surface area contributed by atoms with Crippen molar-refractivity contribution in [1.29, 1.82) is 0 Å². The number of hydrogen-bond donors (Lipinski definition) is 2. The van der Waals surface area contributed by atoms with Gasteiger partial charge in [0.2, 0.25) is 5.91 Å². The molecular formula is C26H28N4O3S. The molecule has 2 N–H and O–H groups in total. The minimum absolute atomic E-state index is 0.00754. The van der Waals surface area contributed by atoms with Crippen molar-refractivity contribution in [3.8, 4) is 33.5 Å². The van der Waals surface area contributed by atoms with E-state index < -0.39 is 0 Å². The lowest BCUT2D eigenvalue weighted by Crippen LogP contribution is -2.22. The van der Waals surface area contributed by atoms with Crippen molar-refractivity contribution in [2.75, 3.05) is 7.11 Å². The summed E-state index contributed by atoms with van der Waals surface area (Å²) < 4.78 is 11.6. The average Bonchev–Trinajstić information content (AvgIpc) is 3.48. The predicted octanol–water partition coefficient (Wildman–Crippen LogP) is 5.51. The lowest BCUT2D eigenvalue weighted by atomic mass is 10.1. The Morgan fingerprint density at radius 3 is 2.65 bits per heavy atom. The van der Waals surface area contributed by atoms with E-state index in [9.17, 15) is 4.79 Å². The van der Waals surface area contributed by atoms with Gasteiger partial charge in [-0.15, -0.1) is 11.3 Å². The van der Waals surface area contributed by atoms with Crippen molar-refractivity contribution in [3.63, 3.8) is 0 Å². The van der Waals surface area contributed by atoms with E-state index in [0.717, 1.165) is 39.6 Å². The molecule has 0 bridgehead atoms. The molecule has 34 heavy (non-hydrogen) atoms. The van der Waals surface area contributed by atoms with Crippen molar-refractivity contribution >= 4 is 17.2 Å². The Kier molecular flexibility index (Phi) is 7.59. The monoisotopic (exact) mass is 476 g/mol. The zero-order valence-corrected chi connectivity index (χ0v) is 20.4. The van der Waals surface area contributed by atoms with Crippen LogP contribution in [0.5, 0.6) is 11.5 Å². The Hall–Kier alpha value is -3.65. The zero-order chi connectivity index (χ0) is 23.9. The third-order valence-electron chi connectivity index (χ3n) is 5.19. The fourth-order valence-electron chi connectivity index (χ4n) is 3.51. The molecule has 7 nitrogen and oxygen atoms in total. The lowest BCUT2D eigenvalue weighted by Gasteiger charge is -2.12. The lowest BCUT2D eigenvalue weighted by molar-refractivity contribution is -0.121. The van der Waals surface area contributed by atoms with Crippen LogP contribution in [0, 0.1) is 6.92 Å². The van der Waals surface area contributed by atoms with Gasteiger partial charge < -0.3 is 19.8 Å². The highest BCUT2D eigenvalue weighted by Crippen LogP contribution is 2.37. The summed E-state index contributed by atoms with van der Waals surface area (Å²) in [6, 6.07) is 15.8. The first-order valence-corrected chi connectivity index (χ1v) is 12.1. The first-order valence-electron chi connectivity index (χ1n) is 11.2. The maximum atomic E-state index is 12.0. The number of imidazole rings is 1. The number of rotatable bonds is 10. The summed E-state index contributed by atoms with van der Waals surface area (Å²) in [7, 11) is 1.62. The number of aromatic nitrogens is 3. The number of benzene rings is 2. The molecule has 2 aromatic heterocycles. The summed E-state index contributed by atoms with van der Waals surface area (Å²) in [5.74, 6) is 1.96. The van der Waals surface area contributed by atoms with Gasteiger partial charge >= 0.3 is 0 Å². The Bertz CT molecular complexity index is 1250. The molecule has 0 aliphatic carbocycles. The van der Waals surface area contributed by atoms with Gasteiger partial charge in [0.25, 0.3) is 0 Å². The summed E-state index contributed by atoms with van der Waals surface area (Å²) in [5.41, 5.74) is 4.45. The van der Waals surface area contributed by atoms with Gasteiger partial charge in [-0.05, 0) is 37.1 Å². The van der Waals surface area contributed by atoms with Gasteiger partial charge in [0.05, 0.1) is 19.3 Å². The van der Waals surface area contributed by atoms with Crippen molar-refractivity contribution in [1.82, 2.24) is 20.3 Å². The Morgan fingerprint density at radius 1 is 1.12 bits per heavy atom. The van der Waals surface area contributed by atoms with Gasteiger partial charge in [0, 0.05) is 23.1 Å². The van der Waals surface area contributed by atoms with Crippen molar-refractivity contribution in [3.05, 3.63) is 71.0 Å². The summed E-state index contributed by atoms with van der Waals surface area (Å²) in [4.78, 5) is 24.8.